The van der Waals surface area contributed by atoms with Crippen LogP contribution < -0.4 is 0 Å². The molecule has 0 aliphatic heterocycles. The molecule has 0 aromatic heterocycles. The fraction of sp³-hybridized carbons (Fsp3) is 0.500. The van der Waals surface area contributed by atoms with Crippen LogP contribution in [0.5, 0.6) is 0 Å². The Morgan fingerprint density at radius 1 is 0.786 bits per heavy atom. The molecule has 0 amide bonds. The second-order valence-corrected chi connectivity index (χ2v) is 5.78. The van der Waals surface area contributed by atoms with E-state index in [1.54, 1.807) is 0 Å². The van der Waals surface area contributed by atoms with Crippen LogP contribution in [-0.4, -0.2) is 51.7 Å². The highest BCUT2D eigenvalue weighted by Crippen LogP contribution is 2.44. The zero-order valence-electron chi connectivity index (χ0n) is 7.04. The molecule has 80 valence electrons. The molecular weight excluding hydrogens is 215 g/mol. The van der Waals surface area contributed by atoms with Crippen molar-refractivity contribution in [3.8, 4) is 0 Å². The summed E-state index contributed by atoms with van der Waals surface area (Å²) >= 11 is 0. The lowest BCUT2D eigenvalue weighted by molar-refractivity contribution is -0.134. The summed E-state index contributed by atoms with van der Waals surface area (Å²) in [5.74, 6) is -4.39. The molecule has 14 heavy (non-hydrogen) atoms. The number of hydrogen-bond acceptors (Lipinski definition) is 4. The van der Waals surface area contributed by atoms with Crippen molar-refractivity contribution in [3.63, 3.8) is 0 Å². The maximum Gasteiger partial charge on any atom is 0.310 e. The minimum absolute atomic E-state index is 0.911. The van der Waals surface area contributed by atoms with Crippen molar-refractivity contribution in [2.75, 3.05) is 18.5 Å². The molecule has 0 bridgehead atoms. The third kappa shape index (κ3) is 5.31. The van der Waals surface area contributed by atoms with Crippen molar-refractivity contribution in [3.05, 3.63) is 0 Å². The number of rotatable bonds is 6. The molecule has 7 nitrogen and oxygen atoms in total. The minimum atomic E-state index is -3.69. The first kappa shape index (κ1) is 12.6. The zero-order chi connectivity index (χ0) is 11.4. The fourth-order valence-electron chi connectivity index (χ4n) is 0.907. The fourth-order valence-corrected chi connectivity index (χ4v) is 2.72. The molecule has 0 aromatic rings. The highest BCUT2D eigenvalue weighted by molar-refractivity contribution is 7.66. The monoisotopic (exact) mass is 224 g/mol. The standard InChI is InChI=1S/C6H9O7P/c7-4(8)1-14(13,2-5(9)10)3-6(11)12/h1-3H2,(H,7,8)(H,9,10)(H,11,12). The lowest BCUT2D eigenvalue weighted by atomic mass is 10.8. The first-order valence-corrected chi connectivity index (χ1v) is 5.74. The predicted molar refractivity (Wildman–Crippen MR) is 45.1 cm³/mol. The molecule has 0 radical (unpaired) electrons. The molecule has 0 fully saturated rings. The minimum Gasteiger partial charge on any atom is -0.481 e. The quantitative estimate of drug-likeness (QED) is 0.523. The normalized spacial score (nSPS) is 10.9. The first-order valence-electron chi connectivity index (χ1n) is 3.48. The van der Waals surface area contributed by atoms with Crippen LogP contribution >= 0.6 is 7.14 Å². The molecule has 0 saturated carbocycles. The molecule has 0 heterocycles. The average molecular weight is 224 g/mol. The third-order valence-corrected chi connectivity index (χ3v) is 3.81. The van der Waals surface area contributed by atoms with Crippen molar-refractivity contribution in [2.24, 2.45) is 0 Å². The van der Waals surface area contributed by atoms with Crippen molar-refractivity contribution < 1.29 is 34.3 Å². The summed E-state index contributed by atoms with van der Waals surface area (Å²) < 4.78 is 11.5. The van der Waals surface area contributed by atoms with Gasteiger partial charge in [-0.15, -0.1) is 0 Å². The Bertz CT molecular complexity index is 260. The summed E-state index contributed by atoms with van der Waals surface area (Å²) in [6, 6.07) is 0. The van der Waals surface area contributed by atoms with Crippen molar-refractivity contribution >= 4 is 25.0 Å². The van der Waals surface area contributed by atoms with Crippen LogP contribution in [0.4, 0.5) is 0 Å². The maximum absolute atomic E-state index is 11.5. The van der Waals surface area contributed by atoms with E-state index < -0.39 is 43.5 Å². The molecule has 0 aliphatic carbocycles. The van der Waals surface area contributed by atoms with Gasteiger partial charge in [0, 0.05) is 0 Å². The van der Waals surface area contributed by atoms with Gasteiger partial charge in [0.15, 0.2) is 0 Å². The van der Waals surface area contributed by atoms with Gasteiger partial charge in [0.05, 0.1) is 0 Å². The SMILES string of the molecule is O=C(O)CP(=O)(CC(=O)O)CC(=O)O. The van der Waals surface area contributed by atoms with E-state index in [4.69, 9.17) is 15.3 Å². The van der Waals surface area contributed by atoms with Crippen LogP contribution in [0.2, 0.25) is 0 Å². The largest absolute Gasteiger partial charge is 0.481 e. The van der Waals surface area contributed by atoms with Gasteiger partial charge >= 0.3 is 17.9 Å². The first-order chi connectivity index (χ1) is 6.25. The van der Waals surface area contributed by atoms with Crippen LogP contribution in [0.25, 0.3) is 0 Å². The highest BCUT2D eigenvalue weighted by Gasteiger charge is 2.31. The Hall–Kier alpha value is -1.36. The van der Waals surface area contributed by atoms with E-state index in [1.165, 1.54) is 0 Å². The van der Waals surface area contributed by atoms with E-state index in [0.29, 0.717) is 0 Å². The van der Waals surface area contributed by atoms with E-state index in [0.717, 1.165) is 0 Å². The number of carboxylic acids is 3. The molecule has 0 aromatic carbocycles. The zero-order valence-corrected chi connectivity index (χ0v) is 7.94. The van der Waals surface area contributed by atoms with Crippen molar-refractivity contribution in [1.29, 1.82) is 0 Å². The van der Waals surface area contributed by atoms with Crippen LogP contribution in [0.15, 0.2) is 0 Å². The molecule has 0 atom stereocenters. The smallest absolute Gasteiger partial charge is 0.310 e. The van der Waals surface area contributed by atoms with Gasteiger partial charge in [-0.3, -0.25) is 14.4 Å². The van der Waals surface area contributed by atoms with Crippen LogP contribution in [0.3, 0.4) is 0 Å². The molecule has 0 aliphatic rings. The summed E-state index contributed by atoms with van der Waals surface area (Å²) in [6.07, 6.45) is -2.73. The average Bonchev–Trinajstić information content (AvgIpc) is 1.76. The second kappa shape index (κ2) is 4.76. The highest BCUT2D eigenvalue weighted by atomic mass is 31.2. The number of hydrogen-bond donors (Lipinski definition) is 3. The summed E-state index contributed by atoms with van der Waals surface area (Å²) in [6.45, 7) is 0. The maximum atomic E-state index is 11.5. The Labute approximate surface area is 78.7 Å². The van der Waals surface area contributed by atoms with Crippen LogP contribution in [0, 0.1) is 0 Å². The van der Waals surface area contributed by atoms with Crippen molar-refractivity contribution in [1.82, 2.24) is 0 Å². The molecule has 0 rings (SSSR count). The number of aliphatic carboxylic acids is 3. The summed E-state index contributed by atoms with van der Waals surface area (Å²) in [5.41, 5.74) is 0. The molecule has 8 heteroatoms. The number of carbonyl (C=O) groups is 3. The van der Waals surface area contributed by atoms with Gasteiger partial charge in [0.2, 0.25) is 0 Å². The summed E-state index contributed by atoms with van der Waals surface area (Å²) in [5, 5.41) is 25.0. The van der Waals surface area contributed by atoms with E-state index in [-0.39, 0.29) is 0 Å². The molecule has 3 N–H and O–H groups in total. The van der Waals surface area contributed by atoms with E-state index >= 15 is 0 Å². The predicted octanol–water partition coefficient (Wildman–Crippen LogP) is -0.397. The van der Waals surface area contributed by atoms with Crippen molar-refractivity contribution in [2.45, 2.75) is 0 Å². The Kier molecular flexibility index (Phi) is 4.30. The molecule has 0 unspecified atom stereocenters. The van der Waals surface area contributed by atoms with E-state index in [2.05, 4.69) is 0 Å². The topological polar surface area (TPSA) is 129 Å². The molecule has 0 saturated heterocycles. The van der Waals surface area contributed by atoms with Gasteiger partial charge in [-0.1, -0.05) is 0 Å². The summed E-state index contributed by atoms with van der Waals surface area (Å²) in [4.78, 5) is 30.7. The van der Waals surface area contributed by atoms with Gasteiger partial charge in [-0.25, -0.2) is 0 Å². The van der Waals surface area contributed by atoms with Crippen LogP contribution in [0.1, 0.15) is 0 Å². The lowest BCUT2D eigenvalue weighted by Crippen LogP contribution is -2.17. The van der Waals surface area contributed by atoms with Gasteiger partial charge in [0.25, 0.3) is 0 Å². The van der Waals surface area contributed by atoms with E-state index in [9.17, 15) is 18.9 Å². The summed E-state index contributed by atoms with van der Waals surface area (Å²) in [7, 11) is -3.69. The Morgan fingerprint density at radius 2 is 1.00 bits per heavy atom. The lowest BCUT2D eigenvalue weighted by Gasteiger charge is -2.10. The molecular formula is C6H9O7P. The Morgan fingerprint density at radius 3 is 1.14 bits per heavy atom. The number of carboxylic acid groups (broad SMARTS) is 3. The van der Waals surface area contributed by atoms with E-state index in [1.807, 2.05) is 0 Å². The van der Waals surface area contributed by atoms with Gasteiger partial charge < -0.3 is 19.9 Å². The second-order valence-electron chi connectivity index (χ2n) is 2.71. The van der Waals surface area contributed by atoms with Gasteiger partial charge in [0.1, 0.15) is 25.6 Å². The van der Waals surface area contributed by atoms with Gasteiger partial charge in [-0.05, 0) is 0 Å². The van der Waals surface area contributed by atoms with Gasteiger partial charge in [-0.2, -0.15) is 0 Å². The Balaban J connectivity index is 4.66. The third-order valence-electron chi connectivity index (χ3n) is 1.27. The van der Waals surface area contributed by atoms with Crippen LogP contribution in [-0.2, 0) is 18.9 Å². The molecule has 0 spiro atoms.